The average Bonchev–Trinajstić information content (AvgIpc) is 2.23. The molecular weight excluding hydrogens is 351 g/mol. The van der Waals surface area contributed by atoms with Crippen LogP contribution in [-0.4, -0.2) is 17.8 Å². The van der Waals surface area contributed by atoms with Gasteiger partial charge in [-0.1, -0.05) is 83.1 Å². The summed E-state index contributed by atoms with van der Waals surface area (Å²) < 4.78 is 0.221. The van der Waals surface area contributed by atoms with Crippen molar-refractivity contribution < 1.29 is 4.79 Å². The standard InChI is InChI=1S/C15H31IOSi/c1-8-10-12(16)14(17)13(11-9-2)18(6,7)15(3,4)5/h12-13H,8-11H2,1-7H3/t12-,13-/m0/s1. The molecule has 0 aromatic rings. The summed E-state index contributed by atoms with van der Waals surface area (Å²) in [4.78, 5) is 12.7. The van der Waals surface area contributed by atoms with Crippen LogP contribution in [-0.2, 0) is 4.79 Å². The van der Waals surface area contributed by atoms with E-state index in [1.54, 1.807) is 0 Å². The van der Waals surface area contributed by atoms with Crippen LogP contribution < -0.4 is 0 Å². The van der Waals surface area contributed by atoms with E-state index in [4.69, 9.17) is 0 Å². The summed E-state index contributed by atoms with van der Waals surface area (Å²) in [7, 11) is -1.56. The van der Waals surface area contributed by atoms with Crippen LogP contribution in [0.25, 0.3) is 0 Å². The molecule has 18 heavy (non-hydrogen) atoms. The molecule has 0 saturated carbocycles. The molecule has 0 unspecified atom stereocenters. The highest BCUT2D eigenvalue weighted by Crippen LogP contribution is 2.46. The molecule has 0 aliphatic carbocycles. The first-order valence-corrected chi connectivity index (χ1v) is 11.6. The second-order valence-electron chi connectivity index (χ2n) is 6.97. The summed E-state index contributed by atoms with van der Waals surface area (Å²) >= 11 is 2.36. The molecule has 0 rings (SSSR count). The number of carbonyl (C=O) groups is 1. The van der Waals surface area contributed by atoms with Crippen LogP contribution in [0.15, 0.2) is 0 Å². The van der Waals surface area contributed by atoms with E-state index in [0.717, 1.165) is 25.7 Å². The molecule has 0 aliphatic heterocycles. The van der Waals surface area contributed by atoms with Gasteiger partial charge in [0.1, 0.15) is 5.78 Å². The molecule has 2 atom stereocenters. The fourth-order valence-electron chi connectivity index (χ4n) is 2.28. The molecule has 0 aromatic heterocycles. The zero-order valence-corrected chi connectivity index (χ0v) is 16.4. The van der Waals surface area contributed by atoms with E-state index in [9.17, 15) is 4.79 Å². The van der Waals surface area contributed by atoms with Gasteiger partial charge in [0.15, 0.2) is 0 Å². The molecule has 0 spiro atoms. The van der Waals surface area contributed by atoms with Gasteiger partial charge in [-0.2, -0.15) is 0 Å². The second-order valence-corrected chi connectivity index (χ2v) is 14.1. The van der Waals surface area contributed by atoms with Crippen molar-refractivity contribution in [3.8, 4) is 0 Å². The monoisotopic (exact) mass is 382 g/mol. The number of Topliss-reactive ketones (excluding diaryl/α,β-unsaturated/α-hetero) is 1. The number of halogens is 1. The third-order valence-electron chi connectivity index (χ3n) is 4.58. The van der Waals surface area contributed by atoms with E-state index in [0.29, 0.717) is 16.4 Å². The highest BCUT2D eigenvalue weighted by Gasteiger charge is 2.45. The van der Waals surface area contributed by atoms with Gasteiger partial charge in [-0.3, -0.25) is 4.79 Å². The lowest BCUT2D eigenvalue weighted by Gasteiger charge is -2.43. The van der Waals surface area contributed by atoms with Gasteiger partial charge < -0.3 is 0 Å². The highest BCUT2D eigenvalue weighted by atomic mass is 127. The number of hydrogen-bond acceptors (Lipinski definition) is 1. The van der Waals surface area contributed by atoms with Crippen molar-refractivity contribution in [1.82, 2.24) is 0 Å². The van der Waals surface area contributed by atoms with Crippen molar-refractivity contribution in [3.05, 3.63) is 0 Å². The zero-order valence-electron chi connectivity index (χ0n) is 13.3. The van der Waals surface area contributed by atoms with Crippen molar-refractivity contribution in [3.63, 3.8) is 0 Å². The summed E-state index contributed by atoms with van der Waals surface area (Å²) in [5, 5.41) is 0.297. The fraction of sp³-hybridized carbons (Fsp3) is 0.933. The van der Waals surface area contributed by atoms with E-state index in [2.05, 4.69) is 70.3 Å². The van der Waals surface area contributed by atoms with Crippen LogP contribution in [0.3, 0.4) is 0 Å². The largest absolute Gasteiger partial charge is 0.299 e. The maximum atomic E-state index is 12.7. The van der Waals surface area contributed by atoms with Gasteiger partial charge in [0.25, 0.3) is 0 Å². The number of hydrogen-bond donors (Lipinski definition) is 0. The molecule has 0 bridgehead atoms. The first-order chi connectivity index (χ1) is 8.09. The number of ketones is 1. The van der Waals surface area contributed by atoms with Crippen molar-refractivity contribution in [2.45, 2.75) is 87.9 Å². The Labute approximate surface area is 129 Å². The van der Waals surface area contributed by atoms with Gasteiger partial charge in [0.05, 0.1) is 12.0 Å². The Morgan fingerprint density at radius 3 is 1.89 bits per heavy atom. The summed E-state index contributed by atoms with van der Waals surface area (Å²) in [5.41, 5.74) is 0.330. The first kappa shape index (κ1) is 18.6. The minimum atomic E-state index is -1.56. The highest BCUT2D eigenvalue weighted by molar-refractivity contribution is 14.1. The number of carbonyl (C=O) groups excluding carboxylic acids is 1. The normalized spacial score (nSPS) is 16.4. The Morgan fingerprint density at radius 1 is 1.11 bits per heavy atom. The number of alkyl halides is 1. The molecule has 0 fully saturated rings. The van der Waals surface area contributed by atoms with Gasteiger partial charge in [-0.15, -0.1) is 0 Å². The summed E-state index contributed by atoms with van der Waals surface area (Å²) in [5.74, 6) is 0.533. The molecule has 3 heteroatoms. The van der Waals surface area contributed by atoms with Crippen LogP contribution >= 0.6 is 22.6 Å². The molecule has 108 valence electrons. The maximum Gasteiger partial charge on any atom is 0.146 e. The molecule has 0 saturated heterocycles. The predicted molar refractivity (Wildman–Crippen MR) is 93.6 cm³/mol. The van der Waals surface area contributed by atoms with Gasteiger partial charge in [0.2, 0.25) is 0 Å². The third-order valence-corrected chi connectivity index (χ3v) is 12.0. The summed E-state index contributed by atoms with van der Waals surface area (Å²) in [6.45, 7) is 16.1. The van der Waals surface area contributed by atoms with Gasteiger partial charge in [-0.05, 0) is 17.9 Å². The molecule has 0 amide bonds. The lowest BCUT2D eigenvalue weighted by atomic mass is 10.1. The molecule has 0 aliphatic rings. The molecule has 1 nitrogen and oxygen atoms in total. The van der Waals surface area contributed by atoms with Crippen LogP contribution in [0, 0.1) is 0 Å². The molecular formula is C15H31IOSi. The lowest BCUT2D eigenvalue weighted by molar-refractivity contribution is -0.118. The molecule has 0 N–H and O–H groups in total. The van der Waals surface area contributed by atoms with Gasteiger partial charge >= 0.3 is 0 Å². The SMILES string of the molecule is CCC[C@H](I)C(=O)[C@H](CCC)[Si](C)(C)C(C)(C)C. The molecule has 0 heterocycles. The van der Waals surface area contributed by atoms with Crippen LogP contribution in [0.2, 0.25) is 23.7 Å². The minimum Gasteiger partial charge on any atom is -0.299 e. The lowest BCUT2D eigenvalue weighted by Crippen LogP contribution is -2.47. The van der Waals surface area contributed by atoms with Crippen molar-refractivity contribution in [2.75, 3.05) is 0 Å². The fourth-order valence-corrected chi connectivity index (χ4v) is 6.65. The Bertz CT molecular complexity index is 268. The van der Waals surface area contributed by atoms with Gasteiger partial charge in [0, 0.05) is 5.54 Å². The number of rotatable bonds is 7. The van der Waals surface area contributed by atoms with E-state index < -0.39 is 8.07 Å². The average molecular weight is 382 g/mol. The second kappa shape index (κ2) is 7.41. The van der Waals surface area contributed by atoms with Crippen LogP contribution in [0.5, 0.6) is 0 Å². The minimum absolute atomic E-state index is 0.221. The van der Waals surface area contributed by atoms with E-state index in [1.807, 2.05) is 0 Å². The maximum absolute atomic E-state index is 12.7. The van der Waals surface area contributed by atoms with E-state index in [1.165, 1.54) is 0 Å². The molecule has 0 aromatic carbocycles. The van der Waals surface area contributed by atoms with Crippen LogP contribution in [0.4, 0.5) is 0 Å². The smallest absolute Gasteiger partial charge is 0.146 e. The van der Waals surface area contributed by atoms with Crippen LogP contribution in [0.1, 0.15) is 60.3 Å². The first-order valence-electron chi connectivity index (χ1n) is 7.27. The summed E-state index contributed by atoms with van der Waals surface area (Å²) in [6, 6.07) is 0. The Hall–Kier alpha value is 0.617. The van der Waals surface area contributed by atoms with E-state index in [-0.39, 0.29) is 3.92 Å². The third kappa shape index (κ3) is 4.62. The zero-order chi connectivity index (χ0) is 14.6. The Morgan fingerprint density at radius 2 is 1.56 bits per heavy atom. The van der Waals surface area contributed by atoms with Gasteiger partial charge in [-0.25, -0.2) is 0 Å². The van der Waals surface area contributed by atoms with E-state index >= 15 is 0 Å². The van der Waals surface area contributed by atoms with Crippen molar-refractivity contribution in [1.29, 1.82) is 0 Å². The topological polar surface area (TPSA) is 17.1 Å². The Kier molecular flexibility index (Phi) is 7.67. The van der Waals surface area contributed by atoms with Crippen molar-refractivity contribution >= 4 is 36.4 Å². The summed E-state index contributed by atoms with van der Waals surface area (Å²) in [6.07, 6.45) is 4.35. The molecule has 0 radical (unpaired) electrons. The van der Waals surface area contributed by atoms with Crippen molar-refractivity contribution in [2.24, 2.45) is 0 Å². The predicted octanol–water partition coefficient (Wildman–Crippen LogP) is 5.84. The quantitative estimate of drug-likeness (QED) is 0.307. The Balaban J connectivity index is 5.13.